The molecule has 1 aliphatic carbocycles. The molecule has 0 spiro atoms. The van der Waals surface area contributed by atoms with Crippen LogP contribution in [0.3, 0.4) is 0 Å². The predicted octanol–water partition coefficient (Wildman–Crippen LogP) is 1.94. The third kappa shape index (κ3) is 1.98. The molecule has 0 heterocycles. The van der Waals surface area contributed by atoms with Crippen LogP contribution in [0.15, 0.2) is 18.2 Å². The van der Waals surface area contributed by atoms with E-state index in [0.29, 0.717) is 16.5 Å². The van der Waals surface area contributed by atoms with Crippen molar-refractivity contribution >= 4 is 17.6 Å². The minimum Gasteiger partial charge on any atom is -0.465 e. The summed E-state index contributed by atoms with van der Waals surface area (Å²) in [5, 5.41) is 0.429. The Morgan fingerprint density at radius 2 is 2.27 bits per heavy atom. The van der Waals surface area contributed by atoms with Crippen molar-refractivity contribution < 1.29 is 9.53 Å². The monoisotopic (exact) mass is 225 g/mol. The Kier molecular flexibility index (Phi) is 2.67. The van der Waals surface area contributed by atoms with Crippen molar-refractivity contribution in [1.82, 2.24) is 0 Å². The molecule has 1 aromatic rings. The maximum Gasteiger partial charge on any atom is 0.339 e. The molecule has 3 nitrogen and oxygen atoms in total. The van der Waals surface area contributed by atoms with Crippen LogP contribution in [0.25, 0.3) is 0 Å². The van der Waals surface area contributed by atoms with Crippen molar-refractivity contribution in [2.24, 2.45) is 5.73 Å². The fourth-order valence-electron chi connectivity index (χ4n) is 1.64. The van der Waals surface area contributed by atoms with Gasteiger partial charge in [0.2, 0.25) is 0 Å². The highest BCUT2D eigenvalue weighted by atomic mass is 35.5. The third-order valence-corrected chi connectivity index (χ3v) is 2.98. The molecule has 15 heavy (non-hydrogen) atoms. The summed E-state index contributed by atoms with van der Waals surface area (Å²) in [6, 6.07) is 5.61. The van der Waals surface area contributed by atoms with Crippen LogP contribution in [0.4, 0.5) is 0 Å². The Bertz CT molecular complexity index is 406. The number of methoxy groups -OCH3 is 1. The van der Waals surface area contributed by atoms with E-state index in [4.69, 9.17) is 17.3 Å². The lowest BCUT2D eigenvalue weighted by Crippen LogP contribution is -2.04. The van der Waals surface area contributed by atoms with Gasteiger partial charge in [-0.25, -0.2) is 4.79 Å². The number of carbonyl (C=O) groups excluding carboxylic acids is 1. The molecule has 0 aromatic heterocycles. The minimum atomic E-state index is -0.411. The number of hydrogen-bond donors (Lipinski definition) is 1. The summed E-state index contributed by atoms with van der Waals surface area (Å²) in [5.74, 6) is -0.0131. The average Bonchev–Trinajstić information content (AvgIpc) is 2.94. The molecule has 1 fully saturated rings. The summed E-state index contributed by atoms with van der Waals surface area (Å²) < 4.78 is 4.61. The Hall–Kier alpha value is -1.06. The van der Waals surface area contributed by atoms with Crippen LogP contribution in [0, 0.1) is 0 Å². The molecule has 1 aliphatic rings. The maximum absolute atomic E-state index is 11.3. The lowest BCUT2D eigenvalue weighted by atomic mass is 10.1. The quantitative estimate of drug-likeness (QED) is 0.783. The van der Waals surface area contributed by atoms with Gasteiger partial charge in [0.05, 0.1) is 17.7 Å². The number of carbonyl (C=O) groups is 1. The number of halogens is 1. The molecular formula is C11H12ClNO2. The molecule has 1 saturated carbocycles. The van der Waals surface area contributed by atoms with E-state index in [9.17, 15) is 4.79 Å². The van der Waals surface area contributed by atoms with Gasteiger partial charge >= 0.3 is 5.97 Å². The third-order valence-electron chi connectivity index (χ3n) is 2.67. The molecule has 2 N–H and O–H groups in total. The van der Waals surface area contributed by atoms with Crippen LogP contribution < -0.4 is 5.73 Å². The van der Waals surface area contributed by atoms with Crippen LogP contribution in [0.5, 0.6) is 0 Å². The molecule has 2 rings (SSSR count). The van der Waals surface area contributed by atoms with Gasteiger partial charge in [-0.15, -0.1) is 0 Å². The van der Waals surface area contributed by atoms with Crippen LogP contribution in [-0.4, -0.2) is 19.1 Å². The van der Waals surface area contributed by atoms with E-state index in [1.54, 1.807) is 12.1 Å². The lowest BCUT2D eigenvalue weighted by molar-refractivity contribution is 0.0601. The topological polar surface area (TPSA) is 52.3 Å². The fourth-order valence-corrected chi connectivity index (χ4v) is 1.90. The Morgan fingerprint density at radius 1 is 1.60 bits per heavy atom. The van der Waals surface area contributed by atoms with E-state index >= 15 is 0 Å². The first kappa shape index (κ1) is 10.5. The number of benzene rings is 1. The second-order valence-electron chi connectivity index (χ2n) is 3.74. The van der Waals surface area contributed by atoms with Gasteiger partial charge in [0, 0.05) is 12.0 Å². The average molecular weight is 226 g/mol. The van der Waals surface area contributed by atoms with Gasteiger partial charge in [-0.1, -0.05) is 17.7 Å². The fraction of sp³-hybridized carbons (Fsp3) is 0.364. The molecule has 1 aromatic carbocycles. The first-order chi connectivity index (χ1) is 7.13. The van der Waals surface area contributed by atoms with Crippen LogP contribution in [0.1, 0.15) is 28.3 Å². The smallest absolute Gasteiger partial charge is 0.339 e. The SMILES string of the molecule is COC(=O)c1ccc(C2CC2N)cc1Cl. The molecule has 0 bridgehead atoms. The van der Waals surface area contributed by atoms with E-state index in [1.807, 2.05) is 6.07 Å². The largest absolute Gasteiger partial charge is 0.465 e. The predicted molar refractivity (Wildman–Crippen MR) is 58.1 cm³/mol. The number of rotatable bonds is 2. The van der Waals surface area contributed by atoms with Gasteiger partial charge < -0.3 is 10.5 Å². The molecule has 4 heteroatoms. The summed E-state index contributed by atoms with van der Waals surface area (Å²) in [7, 11) is 1.34. The maximum atomic E-state index is 11.3. The van der Waals surface area contributed by atoms with Crippen molar-refractivity contribution in [3.8, 4) is 0 Å². The van der Waals surface area contributed by atoms with Gasteiger partial charge in [-0.2, -0.15) is 0 Å². The first-order valence-corrected chi connectivity index (χ1v) is 5.14. The standard InChI is InChI=1S/C11H12ClNO2/c1-15-11(14)7-3-2-6(4-9(7)12)8-5-10(8)13/h2-4,8,10H,5,13H2,1H3. The second-order valence-corrected chi connectivity index (χ2v) is 4.14. The Labute approximate surface area is 93.2 Å². The Balaban J connectivity index is 2.27. The highest BCUT2D eigenvalue weighted by Crippen LogP contribution is 2.40. The van der Waals surface area contributed by atoms with E-state index in [0.717, 1.165) is 12.0 Å². The Morgan fingerprint density at radius 3 is 2.73 bits per heavy atom. The van der Waals surface area contributed by atoms with E-state index in [2.05, 4.69) is 4.74 Å². The summed E-state index contributed by atoms with van der Waals surface area (Å²) in [5.41, 5.74) is 7.24. The highest BCUT2D eigenvalue weighted by Gasteiger charge is 2.35. The van der Waals surface area contributed by atoms with Gasteiger partial charge in [-0.05, 0) is 24.1 Å². The highest BCUT2D eigenvalue weighted by molar-refractivity contribution is 6.33. The molecule has 2 atom stereocenters. The molecular weight excluding hydrogens is 214 g/mol. The van der Waals surface area contributed by atoms with Gasteiger partial charge in [0.25, 0.3) is 0 Å². The van der Waals surface area contributed by atoms with Crippen molar-refractivity contribution in [2.45, 2.75) is 18.4 Å². The lowest BCUT2D eigenvalue weighted by Gasteiger charge is -2.04. The van der Waals surface area contributed by atoms with Crippen molar-refractivity contribution in [3.63, 3.8) is 0 Å². The number of hydrogen-bond acceptors (Lipinski definition) is 3. The van der Waals surface area contributed by atoms with E-state index in [1.165, 1.54) is 7.11 Å². The normalized spacial score (nSPS) is 23.7. The summed E-state index contributed by atoms with van der Waals surface area (Å²) in [4.78, 5) is 11.3. The van der Waals surface area contributed by atoms with Crippen molar-refractivity contribution in [2.75, 3.05) is 7.11 Å². The number of esters is 1. The van der Waals surface area contributed by atoms with Crippen molar-refractivity contribution in [1.29, 1.82) is 0 Å². The van der Waals surface area contributed by atoms with Crippen LogP contribution in [-0.2, 0) is 4.74 Å². The second kappa shape index (κ2) is 3.83. The summed E-state index contributed by atoms with van der Waals surface area (Å²) >= 11 is 5.98. The molecule has 0 saturated heterocycles. The van der Waals surface area contributed by atoms with Crippen molar-refractivity contribution in [3.05, 3.63) is 34.3 Å². The minimum absolute atomic E-state index is 0.241. The van der Waals surface area contributed by atoms with E-state index < -0.39 is 5.97 Å². The van der Waals surface area contributed by atoms with Crippen LogP contribution in [0.2, 0.25) is 5.02 Å². The van der Waals surface area contributed by atoms with Gasteiger partial charge in [-0.3, -0.25) is 0 Å². The van der Waals surface area contributed by atoms with Gasteiger partial charge in [0.1, 0.15) is 0 Å². The molecule has 2 unspecified atom stereocenters. The molecule has 80 valence electrons. The number of nitrogens with two attached hydrogens (primary N) is 1. The zero-order valence-electron chi connectivity index (χ0n) is 8.37. The molecule has 0 radical (unpaired) electrons. The zero-order valence-corrected chi connectivity index (χ0v) is 9.12. The number of ether oxygens (including phenoxy) is 1. The molecule has 0 aliphatic heterocycles. The van der Waals surface area contributed by atoms with Crippen LogP contribution >= 0.6 is 11.6 Å². The molecule has 0 amide bonds. The van der Waals surface area contributed by atoms with Gasteiger partial charge in [0.15, 0.2) is 0 Å². The summed E-state index contributed by atoms with van der Waals surface area (Å²) in [6.45, 7) is 0. The summed E-state index contributed by atoms with van der Waals surface area (Å²) in [6.07, 6.45) is 0.994. The first-order valence-electron chi connectivity index (χ1n) is 4.77. The van der Waals surface area contributed by atoms with E-state index in [-0.39, 0.29) is 6.04 Å². The zero-order chi connectivity index (χ0) is 11.0.